The second-order valence-corrected chi connectivity index (χ2v) is 7.65. The van der Waals surface area contributed by atoms with E-state index >= 15 is 0 Å². The Balaban J connectivity index is 2.67. The zero-order chi connectivity index (χ0) is 12.2. The van der Waals surface area contributed by atoms with Gasteiger partial charge in [-0.15, -0.1) is 0 Å². The Morgan fingerprint density at radius 2 is 2.12 bits per heavy atom. The lowest BCUT2D eigenvalue weighted by Crippen LogP contribution is -2.35. The van der Waals surface area contributed by atoms with Gasteiger partial charge in [-0.05, 0) is 31.2 Å². The predicted octanol–water partition coefficient (Wildman–Crippen LogP) is 1.84. The first-order valence-electron chi connectivity index (χ1n) is 6.28. The summed E-state index contributed by atoms with van der Waals surface area (Å²) < 4.78 is 23.3. The first kappa shape index (κ1) is 14.0. The van der Waals surface area contributed by atoms with Gasteiger partial charge in [0.1, 0.15) is 0 Å². The van der Waals surface area contributed by atoms with E-state index in [1.165, 1.54) is 12.8 Å². The standard InChI is InChI=1S/C12H25NO2S/c1-4-5-11(2)8-12(9-13-3)6-7-16(14,15)10-12/h11,13H,4-10H2,1-3H3. The van der Waals surface area contributed by atoms with Crippen LogP contribution in [0.4, 0.5) is 0 Å². The smallest absolute Gasteiger partial charge is 0.150 e. The average molecular weight is 247 g/mol. The molecule has 1 saturated heterocycles. The van der Waals surface area contributed by atoms with E-state index < -0.39 is 9.84 Å². The van der Waals surface area contributed by atoms with Crippen molar-refractivity contribution in [3.63, 3.8) is 0 Å². The number of hydrogen-bond acceptors (Lipinski definition) is 3. The fourth-order valence-electron chi connectivity index (χ4n) is 3.06. The minimum atomic E-state index is -2.78. The van der Waals surface area contributed by atoms with E-state index in [0.717, 1.165) is 19.4 Å². The second kappa shape index (κ2) is 5.50. The van der Waals surface area contributed by atoms with E-state index in [1.807, 2.05) is 7.05 Å². The molecule has 0 radical (unpaired) electrons. The highest BCUT2D eigenvalue weighted by molar-refractivity contribution is 7.91. The number of sulfone groups is 1. The van der Waals surface area contributed by atoms with Gasteiger partial charge >= 0.3 is 0 Å². The van der Waals surface area contributed by atoms with Gasteiger partial charge in [-0.1, -0.05) is 26.7 Å². The van der Waals surface area contributed by atoms with Gasteiger partial charge in [0, 0.05) is 6.54 Å². The van der Waals surface area contributed by atoms with E-state index in [4.69, 9.17) is 0 Å². The van der Waals surface area contributed by atoms with E-state index in [-0.39, 0.29) is 5.41 Å². The molecule has 0 bridgehead atoms. The van der Waals surface area contributed by atoms with E-state index in [2.05, 4.69) is 19.2 Å². The topological polar surface area (TPSA) is 46.2 Å². The van der Waals surface area contributed by atoms with Crippen LogP contribution in [0.1, 0.15) is 39.5 Å². The molecule has 16 heavy (non-hydrogen) atoms. The number of rotatable bonds is 6. The first-order chi connectivity index (χ1) is 7.43. The molecule has 0 amide bonds. The highest BCUT2D eigenvalue weighted by Crippen LogP contribution is 2.38. The lowest BCUT2D eigenvalue weighted by molar-refractivity contribution is 0.242. The Morgan fingerprint density at radius 3 is 2.56 bits per heavy atom. The molecule has 1 aliphatic heterocycles. The van der Waals surface area contributed by atoms with Gasteiger partial charge in [0.15, 0.2) is 9.84 Å². The van der Waals surface area contributed by atoms with Crippen molar-refractivity contribution >= 4 is 9.84 Å². The molecule has 0 aromatic rings. The Bertz CT molecular complexity index is 313. The van der Waals surface area contributed by atoms with E-state index in [0.29, 0.717) is 17.4 Å². The van der Waals surface area contributed by atoms with Crippen molar-refractivity contribution < 1.29 is 8.42 Å². The molecule has 1 N–H and O–H groups in total. The third-order valence-corrected chi connectivity index (χ3v) is 5.46. The molecule has 1 aliphatic rings. The molecule has 4 heteroatoms. The van der Waals surface area contributed by atoms with Crippen molar-refractivity contribution in [2.24, 2.45) is 11.3 Å². The van der Waals surface area contributed by atoms with Crippen LogP contribution >= 0.6 is 0 Å². The average Bonchev–Trinajstić information content (AvgIpc) is 2.42. The molecule has 0 spiro atoms. The zero-order valence-electron chi connectivity index (χ0n) is 10.8. The summed E-state index contributed by atoms with van der Waals surface area (Å²) in [5, 5.41) is 3.17. The maximum absolute atomic E-state index is 11.6. The molecule has 96 valence electrons. The van der Waals surface area contributed by atoms with Gasteiger partial charge in [-0.2, -0.15) is 0 Å². The highest BCUT2D eigenvalue weighted by Gasteiger charge is 2.42. The SMILES string of the molecule is CCCC(C)CC1(CNC)CCS(=O)(=O)C1. The van der Waals surface area contributed by atoms with Gasteiger partial charge in [0.2, 0.25) is 0 Å². The van der Waals surface area contributed by atoms with Gasteiger partial charge in [0.05, 0.1) is 11.5 Å². The maximum atomic E-state index is 11.6. The van der Waals surface area contributed by atoms with Gasteiger partial charge in [0.25, 0.3) is 0 Å². The maximum Gasteiger partial charge on any atom is 0.150 e. The fraction of sp³-hybridized carbons (Fsp3) is 1.00. The number of nitrogens with one attached hydrogen (secondary N) is 1. The Morgan fingerprint density at radius 1 is 1.44 bits per heavy atom. The molecule has 1 heterocycles. The minimum Gasteiger partial charge on any atom is -0.319 e. The normalized spacial score (nSPS) is 30.4. The molecule has 2 unspecified atom stereocenters. The molecular weight excluding hydrogens is 222 g/mol. The van der Waals surface area contributed by atoms with E-state index in [1.54, 1.807) is 0 Å². The van der Waals surface area contributed by atoms with Gasteiger partial charge in [-0.3, -0.25) is 0 Å². The molecule has 0 aromatic carbocycles. The highest BCUT2D eigenvalue weighted by atomic mass is 32.2. The van der Waals surface area contributed by atoms with Crippen molar-refractivity contribution in [2.45, 2.75) is 39.5 Å². The summed E-state index contributed by atoms with van der Waals surface area (Å²) in [4.78, 5) is 0. The summed E-state index contributed by atoms with van der Waals surface area (Å²) in [6.07, 6.45) is 4.26. The lowest BCUT2D eigenvalue weighted by Gasteiger charge is -2.30. The van der Waals surface area contributed by atoms with E-state index in [9.17, 15) is 8.42 Å². The number of hydrogen-bond donors (Lipinski definition) is 1. The minimum absolute atomic E-state index is 0.00215. The van der Waals surface area contributed by atoms with Crippen LogP contribution in [-0.2, 0) is 9.84 Å². The third-order valence-electron chi connectivity index (χ3n) is 3.58. The Labute approximate surface area is 99.9 Å². The van der Waals surface area contributed by atoms with Crippen LogP contribution in [0, 0.1) is 11.3 Å². The van der Waals surface area contributed by atoms with Crippen molar-refractivity contribution in [1.29, 1.82) is 0 Å². The fourth-order valence-corrected chi connectivity index (χ4v) is 5.25. The van der Waals surface area contributed by atoms with Crippen molar-refractivity contribution in [3.05, 3.63) is 0 Å². The van der Waals surface area contributed by atoms with Crippen LogP contribution < -0.4 is 5.32 Å². The molecule has 2 atom stereocenters. The third kappa shape index (κ3) is 3.74. The quantitative estimate of drug-likeness (QED) is 0.779. The summed E-state index contributed by atoms with van der Waals surface area (Å²) in [5.74, 6) is 1.40. The molecule has 0 aliphatic carbocycles. The Hall–Kier alpha value is -0.0900. The van der Waals surface area contributed by atoms with Crippen LogP contribution in [-0.4, -0.2) is 33.5 Å². The van der Waals surface area contributed by atoms with Crippen LogP contribution in [0.15, 0.2) is 0 Å². The molecular formula is C12H25NO2S. The Kier molecular flexibility index (Phi) is 4.80. The second-order valence-electron chi connectivity index (χ2n) is 5.47. The molecule has 3 nitrogen and oxygen atoms in total. The molecule has 0 saturated carbocycles. The predicted molar refractivity (Wildman–Crippen MR) is 68.3 cm³/mol. The lowest BCUT2D eigenvalue weighted by atomic mass is 9.78. The monoisotopic (exact) mass is 247 g/mol. The van der Waals surface area contributed by atoms with Gasteiger partial charge in [-0.25, -0.2) is 8.42 Å². The first-order valence-corrected chi connectivity index (χ1v) is 8.10. The zero-order valence-corrected chi connectivity index (χ0v) is 11.6. The van der Waals surface area contributed by atoms with Crippen molar-refractivity contribution in [3.8, 4) is 0 Å². The molecule has 0 aromatic heterocycles. The summed E-state index contributed by atoms with van der Waals surface area (Å²) >= 11 is 0. The van der Waals surface area contributed by atoms with Crippen LogP contribution in [0.5, 0.6) is 0 Å². The summed E-state index contributed by atoms with van der Waals surface area (Å²) in [6.45, 7) is 5.26. The molecule has 1 rings (SSSR count). The summed E-state index contributed by atoms with van der Waals surface area (Å²) in [5.41, 5.74) is 0.00215. The molecule has 1 fully saturated rings. The summed E-state index contributed by atoms with van der Waals surface area (Å²) in [6, 6.07) is 0. The van der Waals surface area contributed by atoms with Crippen LogP contribution in [0.2, 0.25) is 0 Å². The van der Waals surface area contributed by atoms with Gasteiger partial charge < -0.3 is 5.32 Å². The largest absolute Gasteiger partial charge is 0.319 e. The van der Waals surface area contributed by atoms with Crippen molar-refractivity contribution in [2.75, 3.05) is 25.1 Å². The summed E-state index contributed by atoms with van der Waals surface area (Å²) in [7, 11) is -0.863. The van der Waals surface area contributed by atoms with Crippen molar-refractivity contribution in [1.82, 2.24) is 5.32 Å². The van der Waals surface area contributed by atoms with Crippen LogP contribution in [0.3, 0.4) is 0 Å². The van der Waals surface area contributed by atoms with Crippen LogP contribution in [0.25, 0.3) is 0 Å².